The zero-order valence-corrected chi connectivity index (χ0v) is 21.9. The fourth-order valence-corrected chi connectivity index (χ4v) is 3.22. The first-order valence-corrected chi connectivity index (χ1v) is 11.0. The molecule has 1 heterocycles. The van der Waals surface area contributed by atoms with E-state index >= 15 is 0 Å². The van der Waals surface area contributed by atoms with Crippen LogP contribution in [0.2, 0.25) is 0 Å². The smallest absolute Gasteiger partial charge is 0.191 e. The van der Waals surface area contributed by atoms with Crippen molar-refractivity contribution in [2.75, 3.05) is 26.9 Å². The number of nitrogens with zero attached hydrogens (tertiary/aromatic N) is 3. The van der Waals surface area contributed by atoms with E-state index in [2.05, 4.69) is 52.1 Å². The van der Waals surface area contributed by atoms with Crippen LogP contribution in [0.25, 0.3) is 11.1 Å². The van der Waals surface area contributed by atoms with Crippen LogP contribution in [0.5, 0.6) is 5.75 Å². The summed E-state index contributed by atoms with van der Waals surface area (Å²) in [4.78, 5) is 4.81. The second-order valence-electron chi connectivity index (χ2n) is 7.45. The molecule has 0 fully saturated rings. The summed E-state index contributed by atoms with van der Waals surface area (Å²) in [6, 6.07) is 16.5. The number of halogens is 1. The second kappa shape index (κ2) is 14.5. The van der Waals surface area contributed by atoms with Crippen molar-refractivity contribution in [3.63, 3.8) is 0 Å². The Hall–Kier alpha value is -2.59. The Morgan fingerprint density at radius 3 is 2.58 bits per heavy atom. The van der Waals surface area contributed by atoms with Gasteiger partial charge >= 0.3 is 0 Å². The third kappa shape index (κ3) is 9.05. The lowest BCUT2D eigenvalue weighted by Crippen LogP contribution is -2.37. The number of methoxy groups -OCH3 is 1. The first-order valence-electron chi connectivity index (χ1n) is 11.0. The quantitative estimate of drug-likeness (QED) is 0.157. The zero-order chi connectivity index (χ0) is 22.6. The average molecular weight is 563 g/mol. The van der Waals surface area contributed by atoms with E-state index in [4.69, 9.17) is 14.5 Å². The number of guanidine groups is 1. The van der Waals surface area contributed by atoms with Crippen LogP contribution in [0.15, 0.2) is 65.9 Å². The number of aromatic nitrogens is 2. The summed E-state index contributed by atoms with van der Waals surface area (Å²) in [7, 11) is 3.60. The molecule has 0 bridgehead atoms. The van der Waals surface area contributed by atoms with Gasteiger partial charge in [-0.15, -0.1) is 24.0 Å². The van der Waals surface area contributed by atoms with Crippen LogP contribution >= 0.6 is 24.0 Å². The van der Waals surface area contributed by atoms with Crippen LogP contribution in [0.4, 0.5) is 0 Å². The molecule has 8 heteroatoms. The maximum Gasteiger partial charge on any atom is 0.191 e. The van der Waals surface area contributed by atoms with Crippen LogP contribution in [-0.4, -0.2) is 42.6 Å². The van der Waals surface area contributed by atoms with E-state index in [-0.39, 0.29) is 24.0 Å². The first kappa shape index (κ1) is 26.7. The Morgan fingerprint density at radius 1 is 1.06 bits per heavy atom. The summed E-state index contributed by atoms with van der Waals surface area (Å²) in [5.41, 5.74) is 4.55. The molecule has 1 aromatic heterocycles. The third-order valence-electron chi connectivity index (χ3n) is 4.97. The molecule has 0 atom stereocenters. The minimum atomic E-state index is 0. The number of aryl methyl sites for hydroxylation is 1. The number of hydrogen-bond donors (Lipinski definition) is 2. The maximum atomic E-state index is 5.43. The summed E-state index contributed by atoms with van der Waals surface area (Å²) in [5.74, 6) is 1.63. The van der Waals surface area contributed by atoms with Gasteiger partial charge in [0.05, 0.1) is 19.9 Å². The Labute approximate surface area is 213 Å². The monoisotopic (exact) mass is 563 g/mol. The van der Waals surface area contributed by atoms with Crippen molar-refractivity contribution in [2.45, 2.75) is 26.4 Å². The molecule has 3 aromatic rings. The second-order valence-corrected chi connectivity index (χ2v) is 7.45. The number of aliphatic imine (C=N–C) groups is 1. The van der Waals surface area contributed by atoms with Gasteiger partial charge in [0, 0.05) is 45.1 Å². The van der Waals surface area contributed by atoms with Crippen molar-refractivity contribution < 1.29 is 9.47 Å². The maximum absolute atomic E-state index is 5.43. The highest BCUT2D eigenvalue weighted by Gasteiger charge is 2.04. The molecule has 178 valence electrons. The van der Waals surface area contributed by atoms with E-state index < -0.39 is 0 Å². The molecule has 33 heavy (non-hydrogen) atoms. The average Bonchev–Trinajstić information content (AvgIpc) is 3.27. The molecular weight excluding hydrogens is 529 g/mol. The van der Waals surface area contributed by atoms with E-state index in [1.54, 1.807) is 7.11 Å². The normalized spacial score (nSPS) is 11.1. The molecule has 2 N–H and O–H groups in total. The first-order chi connectivity index (χ1) is 15.7. The van der Waals surface area contributed by atoms with Gasteiger partial charge in [0.25, 0.3) is 0 Å². The van der Waals surface area contributed by atoms with Crippen molar-refractivity contribution in [1.29, 1.82) is 0 Å². The number of ether oxygens (including phenoxy) is 2. The van der Waals surface area contributed by atoms with Crippen molar-refractivity contribution >= 4 is 29.9 Å². The fraction of sp³-hybridized carbons (Fsp3) is 0.360. The lowest BCUT2D eigenvalue weighted by molar-refractivity contribution is 0.145. The van der Waals surface area contributed by atoms with E-state index in [0.717, 1.165) is 60.1 Å². The van der Waals surface area contributed by atoms with Gasteiger partial charge in [0.1, 0.15) is 5.75 Å². The molecule has 0 unspecified atom stereocenters. The summed E-state index contributed by atoms with van der Waals surface area (Å²) < 4.78 is 12.5. The van der Waals surface area contributed by atoms with E-state index in [9.17, 15) is 0 Å². The van der Waals surface area contributed by atoms with Crippen LogP contribution in [0.3, 0.4) is 0 Å². The number of benzene rings is 2. The van der Waals surface area contributed by atoms with Crippen LogP contribution in [0, 0.1) is 0 Å². The molecule has 0 saturated carbocycles. The standard InChI is InChI=1S/C25H33N5O2.HI/c1-4-32-14-6-13-26-25(27-16-20-9-11-24(31-3)12-10-20)28-17-21-7-5-8-22(15-21)23-18-29-30(2)19-23;/h5,7-12,15,18-19H,4,6,13-14,16-17H2,1-3H3,(H2,26,27,28);1H. The highest BCUT2D eigenvalue weighted by Crippen LogP contribution is 2.20. The molecule has 0 amide bonds. The van der Waals surface area contributed by atoms with E-state index in [1.807, 2.05) is 43.2 Å². The number of hydrogen-bond acceptors (Lipinski definition) is 4. The lowest BCUT2D eigenvalue weighted by atomic mass is 10.1. The molecule has 0 spiro atoms. The molecule has 7 nitrogen and oxygen atoms in total. The molecule has 0 saturated heterocycles. The molecule has 0 aliphatic rings. The van der Waals surface area contributed by atoms with Gasteiger partial charge in [-0.3, -0.25) is 4.68 Å². The SMILES string of the molecule is CCOCCCNC(=NCc1cccc(-c2cnn(C)c2)c1)NCc1ccc(OC)cc1.I. The van der Waals surface area contributed by atoms with Gasteiger partial charge in [-0.05, 0) is 48.2 Å². The van der Waals surface area contributed by atoms with Crippen molar-refractivity contribution in [3.8, 4) is 16.9 Å². The van der Waals surface area contributed by atoms with Crippen molar-refractivity contribution in [2.24, 2.45) is 12.0 Å². The molecule has 3 rings (SSSR count). The van der Waals surface area contributed by atoms with Gasteiger partial charge in [0.2, 0.25) is 0 Å². The predicted octanol–water partition coefficient (Wildman–Crippen LogP) is 4.38. The Bertz CT molecular complexity index is 988. The highest BCUT2D eigenvalue weighted by molar-refractivity contribution is 14.0. The van der Waals surface area contributed by atoms with Crippen molar-refractivity contribution in [1.82, 2.24) is 20.4 Å². The lowest BCUT2D eigenvalue weighted by Gasteiger charge is -2.13. The third-order valence-corrected chi connectivity index (χ3v) is 4.97. The van der Waals surface area contributed by atoms with Crippen LogP contribution in [0.1, 0.15) is 24.5 Å². The molecule has 0 aliphatic carbocycles. The summed E-state index contributed by atoms with van der Waals surface area (Å²) in [6.45, 7) is 5.54. The number of rotatable bonds is 11. The Kier molecular flexibility index (Phi) is 11.7. The van der Waals surface area contributed by atoms with Gasteiger partial charge in [-0.1, -0.05) is 30.3 Å². The molecule has 0 radical (unpaired) electrons. The van der Waals surface area contributed by atoms with E-state index in [0.29, 0.717) is 13.1 Å². The molecule has 2 aromatic carbocycles. The predicted molar refractivity (Wildman–Crippen MR) is 144 cm³/mol. The summed E-state index contributed by atoms with van der Waals surface area (Å²) >= 11 is 0. The van der Waals surface area contributed by atoms with Gasteiger partial charge in [0.15, 0.2) is 5.96 Å². The zero-order valence-electron chi connectivity index (χ0n) is 19.6. The highest BCUT2D eigenvalue weighted by atomic mass is 127. The fourth-order valence-electron chi connectivity index (χ4n) is 3.22. The summed E-state index contributed by atoms with van der Waals surface area (Å²) in [5, 5.41) is 11.1. The molecular formula is C25H34IN5O2. The minimum absolute atomic E-state index is 0. The van der Waals surface area contributed by atoms with Crippen molar-refractivity contribution in [3.05, 3.63) is 72.1 Å². The largest absolute Gasteiger partial charge is 0.497 e. The van der Waals surface area contributed by atoms with E-state index in [1.165, 1.54) is 0 Å². The Morgan fingerprint density at radius 2 is 1.88 bits per heavy atom. The topological polar surface area (TPSA) is 72.7 Å². The van der Waals surface area contributed by atoms with Crippen LogP contribution < -0.4 is 15.4 Å². The number of nitrogens with one attached hydrogen (secondary N) is 2. The van der Waals surface area contributed by atoms with Gasteiger partial charge in [-0.2, -0.15) is 5.10 Å². The van der Waals surface area contributed by atoms with Gasteiger partial charge in [-0.25, -0.2) is 4.99 Å². The Balaban J connectivity index is 0.00000385. The van der Waals surface area contributed by atoms with Crippen LogP contribution in [-0.2, 0) is 24.9 Å². The molecule has 0 aliphatic heterocycles. The minimum Gasteiger partial charge on any atom is -0.497 e. The summed E-state index contributed by atoms with van der Waals surface area (Å²) in [6.07, 6.45) is 4.82. The van der Waals surface area contributed by atoms with Gasteiger partial charge < -0.3 is 20.1 Å².